The van der Waals surface area contributed by atoms with Crippen molar-refractivity contribution in [3.63, 3.8) is 0 Å². The number of halogens is 2. The summed E-state index contributed by atoms with van der Waals surface area (Å²) in [7, 11) is 1.49. The van der Waals surface area contributed by atoms with Gasteiger partial charge in [0.15, 0.2) is 0 Å². The molecule has 0 saturated heterocycles. The molecule has 0 aliphatic heterocycles. The highest BCUT2D eigenvalue weighted by molar-refractivity contribution is 6.31. The Bertz CT molecular complexity index is 579. The number of ether oxygens (including phenoxy) is 1. The number of rotatable bonds is 4. The van der Waals surface area contributed by atoms with Gasteiger partial charge in [0.2, 0.25) is 0 Å². The molecule has 0 heterocycles. The van der Waals surface area contributed by atoms with Crippen LogP contribution >= 0.6 is 11.6 Å². The van der Waals surface area contributed by atoms with Crippen molar-refractivity contribution < 1.29 is 9.13 Å². The topological polar surface area (TPSA) is 33.6 Å². The summed E-state index contributed by atoms with van der Waals surface area (Å²) in [6, 6.07) is 3.00. The molecule has 3 nitrogen and oxygen atoms in total. The third kappa shape index (κ3) is 4.38. The zero-order chi connectivity index (χ0) is 15.3. The second kappa shape index (κ2) is 7.10. The molecule has 0 aromatic heterocycles. The SMILES string of the molecule is C=C(C)/C(Cl)=C\N=C(C)Nc1cc(C)c(F)cc1OC. The maximum Gasteiger partial charge on any atom is 0.145 e. The maximum absolute atomic E-state index is 13.5. The average molecular weight is 297 g/mol. The summed E-state index contributed by atoms with van der Waals surface area (Å²) in [6.45, 7) is 8.97. The first-order valence-electron chi connectivity index (χ1n) is 6.02. The first-order chi connectivity index (χ1) is 9.35. The number of nitrogens with one attached hydrogen (secondary N) is 1. The first-order valence-corrected chi connectivity index (χ1v) is 6.40. The lowest BCUT2D eigenvalue weighted by atomic mass is 10.2. The van der Waals surface area contributed by atoms with E-state index in [0.29, 0.717) is 27.9 Å². The number of allylic oxidation sites excluding steroid dienone is 2. The van der Waals surface area contributed by atoms with Crippen LogP contribution < -0.4 is 10.1 Å². The molecule has 0 unspecified atom stereocenters. The predicted molar refractivity (Wildman–Crippen MR) is 83.2 cm³/mol. The summed E-state index contributed by atoms with van der Waals surface area (Å²) in [4.78, 5) is 4.17. The van der Waals surface area contributed by atoms with Gasteiger partial charge in [0.05, 0.1) is 17.8 Å². The minimum Gasteiger partial charge on any atom is -0.494 e. The number of benzene rings is 1. The van der Waals surface area contributed by atoms with E-state index < -0.39 is 0 Å². The number of aliphatic imine (C=N–C) groups is 1. The second-order valence-corrected chi connectivity index (χ2v) is 4.81. The third-order valence-corrected chi connectivity index (χ3v) is 3.00. The lowest BCUT2D eigenvalue weighted by Gasteiger charge is -2.12. The Kier molecular flexibility index (Phi) is 5.77. The van der Waals surface area contributed by atoms with Gasteiger partial charge in [-0.1, -0.05) is 18.2 Å². The largest absolute Gasteiger partial charge is 0.494 e. The van der Waals surface area contributed by atoms with Gasteiger partial charge in [0.1, 0.15) is 17.4 Å². The van der Waals surface area contributed by atoms with Gasteiger partial charge in [0, 0.05) is 12.3 Å². The van der Waals surface area contributed by atoms with E-state index in [1.807, 2.05) is 0 Å². The molecule has 0 amide bonds. The van der Waals surface area contributed by atoms with Gasteiger partial charge in [-0.05, 0) is 38.0 Å². The molecule has 0 fully saturated rings. The van der Waals surface area contributed by atoms with Crippen molar-refractivity contribution >= 4 is 23.1 Å². The fourth-order valence-corrected chi connectivity index (χ4v) is 1.47. The van der Waals surface area contributed by atoms with E-state index in [-0.39, 0.29) is 5.82 Å². The lowest BCUT2D eigenvalue weighted by molar-refractivity contribution is 0.413. The summed E-state index contributed by atoms with van der Waals surface area (Å²) in [5, 5.41) is 3.53. The number of aryl methyl sites for hydroxylation is 1. The summed E-state index contributed by atoms with van der Waals surface area (Å²) in [5.74, 6) is 0.707. The highest BCUT2D eigenvalue weighted by Gasteiger charge is 2.08. The molecule has 1 aromatic carbocycles. The summed E-state index contributed by atoms with van der Waals surface area (Å²) < 4.78 is 18.6. The van der Waals surface area contributed by atoms with Crippen molar-refractivity contribution in [3.05, 3.63) is 46.9 Å². The molecule has 0 saturated carbocycles. The number of amidine groups is 1. The Hall–Kier alpha value is -1.81. The molecule has 0 bridgehead atoms. The van der Waals surface area contributed by atoms with Crippen LogP contribution in [0.15, 0.2) is 40.5 Å². The maximum atomic E-state index is 13.5. The van der Waals surface area contributed by atoms with E-state index in [4.69, 9.17) is 16.3 Å². The van der Waals surface area contributed by atoms with Gasteiger partial charge < -0.3 is 10.1 Å². The van der Waals surface area contributed by atoms with E-state index in [1.54, 1.807) is 26.8 Å². The van der Waals surface area contributed by atoms with Crippen molar-refractivity contribution in [1.29, 1.82) is 0 Å². The zero-order valence-electron chi connectivity index (χ0n) is 12.1. The van der Waals surface area contributed by atoms with Crippen LogP contribution in [0.4, 0.5) is 10.1 Å². The van der Waals surface area contributed by atoms with E-state index >= 15 is 0 Å². The fraction of sp³-hybridized carbons (Fsp3) is 0.267. The molecule has 20 heavy (non-hydrogen) atoms. The van der Waals surface area contributed by atoms with Gasteiger partial charge >= 0.3 is 0 Å². The normalized spacial score (nSPS) is 12.3. The standard InChI is InChI=1S/C15H18ClFN2O/c1-9(2)12(16)8-18-11(4)19-14-6-10(3)13(17)7-15(14)20-5/h6-8H,1H2,2-5H3,(H,18,19)/b12-8+. The molecule has 1 rings (SSSR count). The van der Waals surface area contributed by atoms with Crippen LogP contribution in [0.1, 0.15) is 19.4 Å². The van der Waals surface area contributed by atoms with E-state index in [0.717, 1.165) is 5.57 Å². The molecular formula is C15H18ClFN2O. The van der Waals surface area contributed by atoms with Crippen molar-refractivity contribution in [2.75, 3.05) is 12.4 Å². The molecule has 0 radical (unpaired) electrons. The van der Waals surface area contributed by atoms with Crippen LogP contribution in [0.2, 0.25) is 0 Å². The Morgan fingerprint density at radius 1 is 1.45 bits per heavy atom. The number of hydrogen-bond acceptors (Lipinski definition) is 2. The smallest absolute Gasteiger partial charge is 0.145 e. The quantitative estimate of drug-likeness (QED) is 0.499. The third-order valence-electron chi connectivity index (χ3n) is 2.58. The van der Waals surface area contributed by atoms with Crippen molar-refractivity contribution in [1.82, 2.24) is 0 Å². The molecule has 1 N–H and O–H groups in total. The zero-order valence-corrected chi connectivity index (χ0v) is 12.8. The molecule has 0 aliphatic carbocycles. The lowest BCUT2D eigenvalue weighted by Crippen LogP contribution is -2.08. The van der Waals surface area contributed by atoms with Gasteiger partial charge in [-0.3, -0.25) is 0 Å². The van der Waals surface area contributed by atoms with Crippen LogP contribution in [0.3, 0.4) is 0 Å². The van der Waals surface area contributed by atoms with Crippen LogP contribution in [0.25, 0.3) is 0 Å². The Morgan fingerprint density at radius 2 is 2.10 bits per heavy atom. The monoisotopic (exact) mass is 296 g/mol. The molecule has 0 spiro atoms. The predicted octanol–water partition coefficient (Wildman–Crippen LogP) is 4.63. The molecular weight excluding hydrogens is 279 g/mol. The van der Waals surface area contributed by atoms with Crippen LogP contribution in [0, 0.1) is 12.7 Å². The molecule has 0 aliphatic rings. The second-order valence-electron chi connectivity index (χ2n) is 4.40. The minimum atomic E-state index is -0.313. The van der Waals surface area contributed by atoms with Crippen molar-refractivity contribution in [2.24, 2.45) is 4.99 Å². The number of anilines is 1. The van der Waals surface area contributed by atoms with Gasteiger partial charge in [-0.15, -0.1) is 0 Å². The van der Waals surface area contributed by atoms with Crippen molar-refractivity contribution in [2.45, 2.75) is 20.8 Å². The number of methoxy groups -OCH3 is 1. The molecule has 1 aromatic rings. The Labute approximate surface area is 123 Å². The van der Waals surface area contributed by atoms with E-state index in [9.17, 15) is 4.39 Å². The average Bonchev–Trinajstić information content (AvgIpc) is 2.39. The minimum absolute atomic E-state index is 0.313. The fourth-order valence-electron chi connectivity index (χ4n) is 1.42. The Morgan fingerprint density at radius 3 is 2.65 bits per heavy atom. The highest BCUT2D eigenvalue weighted by atomic mass is 35.5. The van der Waals surface area contributed by atoms with Gasteiger partial charge in [-0.25, -0.2) is 9.38 Å². The summed E-state index contributed by atoms with van der Waals surface area (Å²) in [5.41, 5.74) is 1.91. The van der Waals surface area contributed by atoms with Crippen LogP contribution in [-0.4, -0.2) is 12.9 Å². The molecule has 5 heteroatoms. The van der Waals surface area contributed by atoms with E-state index in [2.05, 4.69) is 16.9 Å². The highest BCUT2D eigenvalue weighted by Crippen LogP contribution is 2.27. The van der Waals surface area contributed by atoms with Crippen molar-refractivity contribution in [3.8, 4) is 5.75 Å². The summed E-state index contributed by atoms with van der Waals surface area (Å²) in [6.07, 6.45) is 1.51. The van der Waals surface area contributed by atoms with Crippen LogP contribution in [0.5, 0.6) is 5.75 Å². The van der Waals surface area contributed by atoms with E-state index in [1.165, 1.54) is 19.4 Å². The first kappa shape index (κ1) is 16.2. The summed E-state index contributed by atoms with van der Waals surface area (Å²) >= 11 is 5.92. The molecule has 0 atom stereocenters. The van der Waals surface area contributed by atoms with Gasteiger partial charge in [0.25, 0.3) is 0 Å². The van der Waals surface area contributed by atoms with Gasteiger partial charge in [-0.2, -0.15) is 0 Å². The van der Waals surface area contributed by atoms with Crippen LogP contribution in [-0.2, 0) is 0 Å². The molecule has 108 valence electrons. The number of nitrogens with zero attached hydrogens (tertiary/aromatic N) is 1. The Balaban J connectivity index is 2.98. The number of hydrogen-bond donors (Lipinski definition) is 1.